The highest BCUT2D eigenvalue weighted by Crippen LogP contribution is 2.31. The van der Waals surface area contributed by atoms with Crippen LogP contribution in [0, 0.1) is 0 Å². The third-order valence-corrected chi connectivity index (χ3v) is 4.65. The molecule has 0 fully saturated rings. The van der Waals surface area contributed by atoms with Crippen molar-refractivity contribution in [2.24, 2.45) is 7.05 Å². The summed E-state index contributed by atoms with van der Waals surface area (Å²) in [5.41, 5.74) is 4.85. The number of rotatable bonds is 6. The van der Waals surface area contributed by atoms with E-state index in [4.69, 9.17) is 4.98 Å². The van der Waals surface area contributed by atoms with Crippen LogP contribution in [0.5, 0.6) is 0 Å². The molecule has 4 aromatic heterocycles. The summed E-state index contributed by atoms with van der Waals surface area (Å²) in [6, 6.07) is 4.03. The molecular formula is C18H17N7S. The Bertz CT molecular complexity index is 980. The first-order chi connectivity index (χ1) is 12.8. The predicted octanol–water partition coefficient (Wildman–Crippen LogP) is 3.05. The van der Waals surface area contributed by atoms with E-state index in [9.17, 15) is 0 Å². The number of anilines is 1. The maximum Gasteiger partial charge on any atom is 0.223 e. The van der Waals surface area contributed by atoms with Crippen LogP contribution in [0.2, 0.25) is 0 Å². The van der Waals surface area contributed by atoms with Gasteiger partial charge in [-0.1, -0.05) is 0 Å². The Morgan fingerprint density at radius 1 is 1.12 bits per heavy atom. The number of aromatic nitrogens is 6. The number of thiophene rings is 1. The summed E-state index contributed by atoms with van der Waals surface area (Å²) in [6.07, 6.45) is 9.53. The van der Waals surface area contributed by atoms with Gasteiger partial charge >= 0.3 is 0 Å². The molecule has 0 atom stereocenters. The van der Waals surface area contributed by atoms with Crippen molar-refractivity contribution in [3.05, 3.63) is 59.6 Å². The zero-order valence-corrected chi connectivity index (χ0v) is 15.0. The van der Waals surface area contributed by atoms with Crippen molar-refractivity contribution in [2.75, 3.05) is 11.9 Å². The van der Waals surface area contributed by atoms with Crippen LogP contribution >= 0.6 is 11.3 Å². The molecule has 7 nitrogen and oxygen atoms in total. The van der Waals surface area contributed by atoms with E-state index in [2.05, 4.69) is 42.2 Å². The van der Waals surface area contributed by atoms with Gasteiger partial charge in [0, 0.05) is 56.6 Å². The molecule has 0 aliphatic heterocycles. The highest BCUT2D eigenvalue weighted by Gasteiger charge is 2.14. The van der Waals surface area contributed by atoms with Crippen molar-refractivity contribution >= 4 is 17.3 Å². The van der Waals surface area contributed by atoms with Crippen molar-refractivity contribution in [2.45, 2.75) is 6.42 Å². The summed E-state index contributed by atoms with van der Waals surface area (Å²) in [5, 5.41) is 11.7. The van der Waals surface area contributed by atoms with Gasteiger partial charge in [-0.15, -0.1) is 0 Å². The molecule has 0 aliphatic rings. The molecule has 130 valence electrons. The largest absolute Gasteiger partial charge is 0.354 e. The van der Waals surface area contributed by atoms with Gasteiger partial charge in [-0.2, -0.15) is 16.4 Å². The van der Waals surface area contributed by atoms with E-state index < -0.39 is 0 Å². The Hall–Kier alpha value is -3.13. The molecule has 26 heavy (non-hydrogen) atoms. The van der Waals surface area contributed by atoms with E-state index in [1.165, 1.54) is 0 Å². The molecule has 4 heterocycles. The number of nitrogens with zero attached hydrogens (tertiary/aromatic N) is 6. The van der Waals surface area contributed by atoms with Gasteiger partial charge in [-0.05, 0) is 28.5 Å². The molecule has 4 aromatic rings. The molecule has 1 N–H and O–H groups in total. The molecule has 0 saturated heterocycles. The van der Waals surface area contributed by atoms with Gasteiger partial charge in [0.25, 0.3) is 0 Å². The van der Waals surface area contributed by atoms with Crippen molar-refractivity contribution in [3.63, 3.8) is 0 Å². The molecule has 0 spiro atoms. The highest BCUT2D eigenvalue weighted by atomic mass is 32.1. The fourth-order valence-electron chi connectivity index (χ4n) is 2.66. The molecule has 0 amide bonds. The van der Waals surface area contributed by atoms with Crippen LogP contribution in [-0.4, -0.2) is 36.3 Å². The first-order valence-electron chi connectivity index (χ1n) is 8.18. The van der Waals surface area contributed by atoms with Gasteiger partial charge < -0.3 is 5.32 Å². The van der Waals surface area contributed by atoms with E-state index in [1.807, 2.05) is 24.0 Å². The van der Waals surface area contributed by atoms with E-state index in [1.54, 1.807) is 36.1 Å². The molecule has 0 radical (unpaired) electrons. The molecule has 4 rings (SSSR count). The van der Waals surface area contributed by atoms with Crippen molar-refractivity contribution in [3.8, 4) is 22.5 Å². The molecule has 0 unspecified atom stereocenters. The van der Waals surface area contributed by atoms with Crippen LogP contribution in [0.3, 0.4) is 0 Å². The van der Waals surface area contributed by atoms with Crippen LogP contribution < -0.4 is 5.32 Å². The first kappa shape index (κ1) is 16.3. The van der Waals surface area contributed by atoms with Gasteiger partial charge in [0.05, 0.1) is 11.4 Å². The van der Waals surface area contributed by atoms with Crippen molar-refractivity contribution < 1.29 is 0 Å². The lowest BCUT2D eigenvalue weighted by Gasteiger charge is -2.11. The zero-order valence-electron chi connectivity index (χ0n) is 14.2. The van der Waals surface area contributed by atoms with E-state index in [-0.39, 0.29) is 0 Å². The molecule has 0 aliphatic carbocycles. The summed E-state index contributed by atoms with van der Waals surface area (Å²) < 4.78 is 1.82. The SMILES string of the molecule is Cn1nccc1-c1nc(NCCc2cnccn2)ncc1-c1ccsc1. The number of hydrogen-bond donors (Lipinski definition) is 1. The third kappa shape index (κ3) is 3.45. The lowest BCUT2D eigenvalue weighted by Crippen LogP contribution is -2.10. The second-order valence-electron chi connectivity index (χ2n) is 5.68. The Morgan fingerprint density at radius 3 is 2.81 bits per heavy atom. The van der Waals surface area contributed by atoms with Crippen molar-refractivity contribution in [1.29, 1.82) is 0 Å². The number of aryl methyl sites for hydroxylation is 1. The quantitative estimate of drug-likeness (QED) is 0.567. The second-order valence-corrected chi connectivity index (χ2v) is 6.46. The molecule has 0 bridgehead atoms. The van der Waals surface area contributed by atoms with Crippen molar-refractivity contribution in [1.82, 2.24) is 29.7 Å². The van der Waals surface area contributed by atoms with Gasteiger partial charge in [0.2, 0.25) is 5.95 Å². The topological polar surface area (TPSA) is 81.4 Å². The second kappa shape index (κ2) is 7.40. The Labute approximate surface area is 154 Å². The van der Waals surface area contributed by atoms with Crippen LogP contribution in [0.15, 0.2) is 53.9 Å². The first-order valence-corrected chi connectivity index (χ1v) is 9.12. The van der Waals surface area contributed by atoms with Gasteiger partial charge in [0.15, 0.2) is 0 Å². The van der Waals surface area contributed by atoms with Crippen LogP contribution in [0.4, 0.5) is 5.95 Å². The van der Waals surface area contributed by atoms with Crippen LogP contribution in [0.25, 0.3) is 22.5 Å². The smallest absolute Gasteiger partial charge is 0.223 e. The summed E-state index contributed by atoms with van der Waals surface area (Å²) in [6.45, 7) is 0.682. The van der Waals surface area contributed by atoms with Gasteiger partial charge in [-0.3, -0.25) is 14.6 Å². The Kier molecular flexibility index (Phi) is 4.65. The fourth-order valence-corrected chi connectivity index (χ4v) is 3.31. The number of nitrogens with one attached hydrogen (secondary N) is 1. The molecule has 0 aromatic carbocycles. The monoisotopic (exact) mass is 363 g/mol. The third-order valence-electron chi connectivity index (χ3n) is 3.97. The lowest BCUT2D eigenvalue weighted by atomic mass is 10.1. The average Bonchev–Trinajstić information content (AvgIpc) is 3.34. The summed E-state index contributed by atoms with van der Waals surface area (Å²) in [5.74, 6) is 0.587. The zero-order chi connectivity index (χ0) is 17.8. The summed E-state index contributed by atoms with van der Waals surface area (Å²) >= 11 is 1.65. The number of hydrogen-bond acceptors (Lipinski definition) is 7. The van der Waals surface area contributed by atoms with Crippen LogP contribution in [-0.2, 0) is 13.5 Å². The standard InChI is InChI=1S/C18H17N7S/c1-25-16(3-6-23-25)17-15(13-4-9-26-12-13)11-22-18(24-17)21-5-2-14-10-19-7-8-20-14/h3-4,6-12H,2,5H2,1H3,(H,21,22,24). The summed E-state index contributed by atoms with van der Waals surface area (Å²) in [7, 11) is 1.91. The average molecular weight is 363 g/mol. The van der Waals surface area contributed by atoms with E-state index in [0.29, 0.717) is 12.5 Å². The van der Waals surface area contributed by atoms with Gasteiger partial charge in [0.1, 0.15) is 5.69 Å². The minimum Gasteiger partial charge on any atom is -0.354 e. The van der Waals surface area contributed by atoms with E-state index >= 15 is 0 Å². The fraction of sp³-hybridized carbons (Fsp3) is 0.167. The Balaban J connectivity index is 1.60. The molecule has 0 saturated carbocycles. The summed E-state index contributed by atoms with van der Waals surface area (Å²) in [4.78, 5) is 17.6. The maximum atomic E-state index is 4.75. The lowest BCUT2D eigenvalue weighted by molar-refractivity contribution is 0.773. The molecular weight excluding hydrogens is 346 g/mol. The molecule has 8 heteroatoms. The maximum absolute atomic E-state index is 4.75. The Morgan fingerprint density at radius 2 is 2.08 bits per heavy atom. The highest BCUT2D eigenvalue weighted by molar-refractivity contribution is 7.08. The predicted molar refractivity (Wildman–Crippen MR) is 102 cm³/mol. The van der Waals surface area contributed by atoms with Gasteiger partial charge in [-0.25, -0.2) is 9.97 Å². The minimum absolute atomic E-state index is 0.587. The normalized spacial score (nSPS) is 10.8. The minimum atomic E-state index is 0.587. The van der Waals surface area contributed by atoms with E-state index in [0.717, 1.165) is 34.6 Å². The van der Waals surface area contributed by atoms with Crippen LogP contribution in [0.1, 0.15) is 5.69 Å².